The molecule has 0 aliphatic carbocycles. The molecule has 19 heavy (non-hydrogen) atoms. The molecular weight excluding hydrogens is 254 g/mol. The second kappa shape index (κ2) is 4.94. The third-order valence-corrected chi connectivity index (χ3v) is 3.99. The molecule has 0 radical (unpaired) electrons. The van der Waals surface area contributed by atoms with E-state index in [9.17, 15) is 0 Å². The Morgan fingerprint density at radius 2 is 1.89 bits per heavy atom. The zero-order chi connectivity index (χ0) is 13.2. The summed E-state index contributed by atoms with van der Waals surface area (Å²) >= 11 is 1.70. The average molecular weight is 269 g/mol. The van der Waals surface area contributed by atoms with Crippen molar-refractivity contribution in [2.45, 2.75) is 6.92 Å². The van der Waals surface area contributed by atoms with Gasteiger partial charge in [-0.2, -0.15) is 0 Å². The normalized spacial score (nSPS) is 10.6. The highest BCUT2D eigenvalue weighted by molar-refractivity contribution is 7.14. The molecule has 0 aliphatic rings. The van der Waals surface area contributed by atoms with Crippen LogP contribution in [0.2, 0.25) is 0 Å². The van der Waals surface area contributed by atoms with E-state index in [-0.39, 0.29) is 0 Å². The fraction of sp³-hybridized carbons (Fsp3) is 0.125. The first-order valence-electron chi connectivity index (χ1n) is 6.16. The summed E-state index contributed by atoms with van der Waals surface area (Å²) in [6.07, 6.45) is 2.16. The van der Waals surface area contributed by atoms with Crippen LogP contribution in [0.15, 0.2) is 54.0 Å². The molecule has 0 unspecified atom stereocenters. The first-order valence-corrected chi connectivity index (χ1v) is 7.04. The SMILES string of the molecule is COc1ccsc1-c1cc(C)cn1-c1ccccc1. The lowest BCUT2D eigenvalue weighted by molar-refractivity contribution is 0.418. The summed E-state index contributed by atoms with van der Waals surface area (Å²) in [4.78, 5) is 1.17. The van der Waals surface area contributed by atoms with Crippen molar-refractivity contribution in [3.8, 4) is 22.0 Å². The Balaban J connectivity index is 2.18. The number of ether oxygens (including phenoxy) is 1. The number of methoxy groups -OCH3 is 1. The predicted molar refractivity (Wildman–Crippen MR) is 80.4 cm³/mol. The van der Waals surface area contributed by atoms with Gasteiger partial charge in [-0.05, 0) is 42.1 Å². The number of rotatable bonds is 3. The molecule has 0 spiro atoms. The Hall–Kier alpha value is -2.00. The van der Waals surface area contributed by atoms with Gasteiger partial charge < -0.3 is 9.30 Å². The van der Waals surface area contributed by atoms with Crippen LogP contribution in [0.5, 0.6) is 5.75 Å². The van der Waals surface area contributed by atoms with Crippen LogP contribution >= 0.6 is 11.3 Å². The number of aryl methyl sites for hydroxylation is 1. The lowest BCUT2D eigenvalue weighted by Gasteiger charge is -2.09. The highest BCUT2D eigenvalue weighted by atomic mass is 32.1. The summed E-state index contributed by atoms with van der Waals surface area (Å²) in [5.41, 5.74) is 3.59. The van der Waals surface area contributed by atoms with Crippen molar-refractivity contribution >= 4 is 11.3 Å². The third kappa shape index (κ3) is 2.17. The molecule has 96 valence electrons. The van der Waals surface area contributed by atoms with Gasteiger partial charge in [0.05, 0.1) is 17.7 Å². The van der Waals surface area contributed by atoms with Crippen LogP contribution < -0.4 is 4.74 Å². The van der Waals surface area contributed by atoms with Gasteiger partial charge in [0, 0.05) is 11.9 Å². The largest absolute Gasteiger partial charge is 0.495 e. The molecule has 2 nitrogen and oxygen atoms in total. The van der Waals surface area contributed by atoms with Crippen molar-refractivity contribution in [3.63, 3.8) is 0 Å². The quantitative estimate of drug-likeness (QED) is 0.681. The molecule has 2 heterocycles. The Bertz CT molecular complexity index is 682. The van der Waals surface area contributed by atoms with Crippen molar-refractivity contribution in [2.75, 3.05) is 7.11 Å². The molecular formula is C16H15NOS. The van der Waals surface area contributed by atoms with Crippen LogP contribution in [-0.4, -0.2) is 11.7 Å². The maximum atomic E-state index is 5.44. The first kappa shape index (κ1) is 12.1. The van der Waals surface area contributed by atoms with Crippen LogP contribution in [0.4, 0.5) is 0 Å². The van der Waals surface area contributed by atoms with E-state index >= 15 is 0 Å². The number of hydrogen-bond donors (Lipinski definition) is 0. The van der Waals surface area contributed by atoms with E-state index in [1.165, 1.54) is 21.8 Å². The molecule has 0 aliphatic heterocycles. The molecule has 3 heteroatoms. The monoisotopic (exact) mass is 269 g/mol. The Morgan fingerprint density at radius 1 is 1.11 bits per heavy atom. The molecule has 2 aromatic heterocycles. The predicted octanol–water partition coefficient (Wildman–Crippen LogP) is 4.52. The zero-order valence-electron chi connectivity index (χ0n) is 11.0. The summed E-state index contributed by atoms with van der Waals surface area (Å²) in [5.74, 6) is 0.931. The standard InChI is InChI=1S/C16H15NOS/c1-12-10-14(16-15(18-2)8-9-19-16)17(11-12)13-6-4-3-5-7-13/h3-11H,1-2H3. The minimum Gasteiger partial charge on any atom is -0.495 e. The lowest BCUT2D eigenvalue weighted by atomic mass is 10.2. The van der Waals surface area contributed by atoms with Crippen molar-refractivity contribution in [1.82, 2.24) is 4.57 Å². The van der Waals surface area contributed by atoms with Gasteiger partial charge in [0.15, 0.2) is 0 Å². The van der Waals surface area contributed by atoms with Gasteiger partial charge in [-0.25, -0.2) is 0 Å². The van der Waals surface area contributed by atoms with Crippen LogP contribution in [-0.2, 0) is 0 Å². The van der Waals surface area contributed by atoms with E-state index in [2.05, 4.69) is 53.4 Å². The fourth-order valence-electron chi connectivity index (χ4n) is 2.22. The van der Waals surface area contributed by atoms with Gasteiger partial charge in [-0.15, -0.1) is 11.3 Å². The van der Waals surface area contributed by atoms with E-state index in [0.717, 1.165) is 5.75 Å². The zero-order valence-corrected chi connectivity index (χ0v) is 11.8. The molecule has 0 fully saturated rings. The Morgan fingerprint density at radius 3 is 2.63 bits per heavy atom. The smallest absolute Gasteiger partial charge is 0.138 e. The molecule has 3 rings (SSSR count). The van der Waals surface area contributed by atoms with Gasteiger partial charge in [0.2, 0.25) is 0 Å². The van der Waals surface area contributed by atoms with Gasteiger partial charge >= 0.3 is 0 Å². The second-order valence-electron chi connectivity index (χ2n) is 4.43. The van der Waals surface area contributed by atoms with Crippen LogP contribution in [0.25, 0.3) is 16.3 Å². The number of thiophene rings is 1. The second-order valence-corrected chi connectivity index (χ2v) is 5.34. The minimum absolute atomic E-state index is 0.931. The van der Waals surface area contributed by atoms with E-state index in [4.69, 9.17) is 4.74 Å². The van der Waals surface area contributed by atoms with Crippen LogP contribution in [0.3, 0.4) is 0 Å². The fourth-order valence-corrected chi connectivity index (χ4v) is 3.09. The van der Waals surface area contributed by atoms with E-state index in [1.54, 1.807) is 18.4 Å². The van der Waals surface area contributed by atoms with Gasteiger partial charge in [0.1, 0.15) is 5.75 Å². The van der Waals surface area contributed by atoms with Crippen LogP contribution in [0, 0.1) is 6.92 Å². The molecule has 0 saturated heterocycles. The van der Waals surface area contributed by atoms with E-state index < -0.39 is 0 Å². The maximum absolute atomic E-state index is 5.44. The van der Waals surface area contributed by atoms with Gasteiger partial charge in [-0.3, -0.25) is 0 Å². The Kier molecular flexibility index (Phi) is 3.13. The Labute approximate surface area is 116 Å². The van der Waals surface area contributed by atoms with Crippen molar-refractivity contribution in [2.24, 2.45) is 0 Å². The molecule has 0 saturated carbocycles. The van der Waals surface area contributed by atoms with E-state index in [1.807, 2.05) is 12.1 Å². The summed E-state index contributed by atoms with van der Waals surface area (Å²) in [6.45, 7) is 2.11. The number of hydrogen-bond acceptors (Lipinski definition) is 2. The van der Waals surface area contributed by atoms with Crippen molar-refractivity contribution < 1.29 is 4.74 Å². The summed E-state index contributed by atoms with van der Waals surface area (Å²) in [6, 6.07) is 14.6. The molecule has 1 aromatic carbocycles. The number of para-hydroxylation sites is 1. The van der Waals surface area contributed by atoms with E-state index in [0.29, 0.717) is 0 Å². The van der Waals surface area contributed by atoms with Crippen molar-refractivity contribution in [1.29, 1.82) is 0 Å². The van der Waals surface area contributed by atoms with Crippen molar-refractivity contribution in [3.05, 3.63) is 59.6 Å². The lowest BCUT2D eigenvalue weighted by Crippen LogP contribution is -1.94. The third-order valence-electron chi connectivity index (χ3n) is 3.07. The topological polar surface area (TPSA) is 14.2 Å². The maximum Gasteiger partial charge on any atom is 0.138 e. The average Bonchev–Trinajstić information content (AvgIpc) is 3.05. The highest BCUT2D eigenvalue weighted by Crippen LogP contribution is 2.37. The molecule has 0 amide bonds. The molecule has 3 aromatic rings. The minimum atomic E-state index is 0.931. The number of nitrogens with zero attached hydrogens (tertiary/aromatic N) is 1. The number of benzene rings is 1. The first-order chi connectivity index (χ1) is 9.29. The molecule has 0 atom stereocenters. The molecule has 0 N–H and O–H groups in total. The highest BCUT2D eigenvalue weighted by Gasteiger charge is 2.13. The van der Waals surface area contributed by atoms with Gasteiger partial charge in [0.25, 0.3) is 0 Å². The summed E-state index contributed by atoms with van der Waals surface area (Å²) in [7, 11) is 1.72. The summed E-state index contributed by atoms with van der Waals surface area (Å²) < 4.78 is 7.65. The summed E-state index contributed by atoms with van der Waals surface area (Å²) in [5, 5.41) is 2.06. The molecule has 0 bridgehead atoms. The number of aromatic nitrogens is 1. The van der Waals surface area contributed by atoms with Gasteiger partial charge in [-0.1, -0.05) is 18.2 Å². The van der Waals surface area contributed by atoms with Crippen LogP contribution in [0.1, 0.15) is 5.56 Å².